The zero-order valence-electron chi connectivity index (χ0n) is 10.6. The molecule has 1 heterocycles. The van der Waals surface area contributed by atoms with Crippen LogP contribution in [0.1, 0.15) is 31.0 Å². The summed E-state index contributed by atoms with van der Waals surface area (Å²) in [4.78, 5) is 4.67. The summed E-state index contributed by atoms with van der Waals surface area (Å²) in [7, 11) is 1.93. The zero-order chi connectivity index (χ0) is 12.6. The monoisotopic (exact) mass is 248 g/mol. The fourth-order valence-electron chi connectivity index (χ4n) is 1.99. The number of nitrogens with one attached hydrogen (secondary N) is 1. The predicted octanol–water partition coefficient (Wildman–Crippen LogP) is 4.36. The minimum absolute atomic E-state index is 0.392. The fraction of sp³-hybridized carbons (Fsp3) is 0.357. The molecule has 0 saturated heterocycles. The maximum absolute atomic E-state index is 6.24. The van der Waals surface area contributed by atoms with E-state index in [1.54, 1.807) is 0 Å². The van der Waals surface area contributed by atoms with Gasteiger partial charge in [0.15, 0.2) is 0 Å². The van der Waals surface area contributed by atoms with E-state index in [0.717, 1.165) is 22.3 Å². The molecular weight excluding hydrogens is 232 g/mol. The van der Waals surface area contributed by atoms with Crippen LogP contribution in [0.4, 0.5) is 5.69 Å². The summed E-state index contributed by atoms with van der Waals surface area (Å²) in [6.45, 7) is 6.35. The van der Waals surface area contributed by atoms with Crippen molar-refractivity contribution in [3.05, 3.63) is 34.5 Å². The Kier molecular flexibility index (Phi) is 3.25. The number of hydrogen-bond acceptors (Lipinski definition) is 2. The average molecular weight is 249 g/mol. The Morgan fingerprint density at radius 1 is 1.29 bits per heavy atom. The van der Waals surface area contributed by atoms with Gasteiger partial charge in [-0.3, -0.25) is 4.98 Å². The summed E-state index contributed by atoms with van der Waals surface area (Å²) < 4.78 is 0. The highest BCUT2D eigenvalue weighted by Gasteiger charge is 2.11. The van der Waals surface area contributed by atoms with Gasteiger partial charge in [0.1, 0.15) is 0 Å². The SMILES string of the molecule is CNc1cc(C(C)C)nc2c(Cl)ccc(C)c12. The summed E-state index contributed by atoms with van der Waals surface area (Å²) in [5.41, 5.74) is 4.24. The van der Waals surface area contributed by atoms with Gasteiger partial charge in [0.05, 0.1) is 10.5 Å². The lowest BCUT2D eigenvalue weighted by molar-refractivity contribution is 0.830. The highest BCUT2D eigenvalue weighted by atomic mass is 35.5. The first-order valence-corrected chi connectivity index (χ1v) is 6.20. The molecule has 1 aromatic carbocycles. The summed E-state index contributed by atoms with van der Waals surface area (Å²) in [6, 6.07) is 6.05. The molecule has 0 saturated carbocycles. The molecule has 0 aliphatic heterocycles. The van der Waals surface area contributed by atoms with E-state index in [4.69, 9.17) is 11.6 Å². The van der Waals surface area contributed by atoms with E-state index < -0.39 is 0 Å². The number of fused-ring (bicyclic) bond motifs is 1. The smallest absolute Gasteiger partial charge is 0.0914 e. The number of hydrogen-bond donors (Lipinski definition) is 1. The maximum atomic E-state index is 6.24. The second-order valence-electron chi connectivity index (χ2n) is 4.59. The van der Waals surface area contributed by atoms with Gasteiger partial charge in [-0.05, 0) is 30.5 Å². The second-order valence-corrected chi connectivity index (χ2v) is 4.99. The van der Waals surface area contributed by atoms with E-state index in [0.29, 0.717) is 10.9 Å². The van der Waals surface area contributed by atoms with Crippen LogP contribution in [-0.2, 0) is 0 Å². The molecule has 90 valence electrons. The van der Waals surface area contributed by atoms with Gasteiger partial charge in [0.2, 0.25) is 0 Å². The van der Waals surface area contributed by atoms with E-state index in [1.807, 2.05) is 19.2 Å². The third kappa shape index (κ3) is 2.09. The first kappa shape index (κ1) is 12.2. The normalized spacial score (nSPS) is 11.2. The molecule has 2 aromatic rings. The number of halogens is 1. The molecule has 1 aromatic heterocycles. The summed E-state index contributed by atoms with van der Waals surface area (Å²) in [6.07, 6.45) is 0. The van der Waals surface area contributed by atoms with Gasteiger partial charge >= 0.3 is 0 Å². The van der Waals surface area contributed by atoms with Crippen molar-refractivity contribution in [1.82, 2.24) is 4.98 Å². The lowest BCUT2D eigenvalue weighted by Gasteiger charge is -2.14. The standard InChI is InChI=1S/C14H17ClN2/c1-8(2)11-7-12(16-4)13-9(3)5-6-10(15)14(13)17-11/h5-8H,1-4H3,(H,16,17). The Hall–Kier alpha value is -1.28. The van der Waals surface area contributed by atoms with Crippen LogP contribution in [0.3, 0.4) is 0 Å². The Bertz CT molecular complexity index is 562. The molecule has 0 atom stereocenters. The Labute approximate surface area is 107 Å². The minimum Gasteiger partial charge on any atom is -0.388 e. The molecule has 0 amide bonds. The molecule has 0 aliphatic carbocycles. The van der Waals surface area contributed by atoms with Gasteiger partial charge in [0.25, 0.3) is 0 Å². The minimum atomic E-state index is 0.392. The number of rotatable bonds is 2. The van der Waals surface area contributed by atoms with E-state index in [9.17, 15) is 0 Å². The fourth-order valence-corrected chi connectivity index (χ4v) is 2.19. The van der Waals surface area contributed by atoms with E-state index in [2.05, 4.69) is 37.1 Å². The van der Waals surface area contributed by atoms with Gasteiger partial charge < -0.3 is 5.32 Å². The number of anilines is 1. The van der Waals surface area contributed by atoms with Crippen molar-refractivity contribution in [3.63, 3.8) is 0 Å². The van der Waals surface area contributed by atoms with E-state index in [1.165, 1.54) is 5.56 Å². The largest absolute Gasteiger partial charge is 0.388 e. The van der Waals surface area contributed by atoms with Crippen LogP contribution in [0.2, 0.25) is 5.02 Å². The average Bonchev–Trinajstić information content (AvgIpc) is 2.32. The van der Waals surface area contributed by atoms with Crippen LogP contribution in [0.5, 0.6) is 0 Å². The first-order valence-electron chi connectivity index (χ1n) is 5.82. The Balaban J connectivity index is 2.87. The summed E-state index contributed by atoms with van der Waals surface area (Å²) in [5, 5.41) is 5.06. The van der Waals surface area contributed by atoms with Crippen molar-refractivity contribution in [1.29, 1.82) is 0 Å². The molecule has 0 bridgehead atoms. The second kappa shape index (κ2) is 4.53. The van der Waals surface area contributed by atoms with Crippen molar-refractivity contribution < 1.29 is 0 Å². The van der Waals surface area contributed by atoms with Gasteiger partial charge in [0, 0.05) is 23.8 Å². The van der Waals surface area contributed by atoms with Crippen molar-refractivity contribution in [3.8, 4) is 0 Å². The van der Waals surface area contributed by atoms with Crippen LogP contribution < -0.4 is 5.32 Å². The first-order chi connectivity index (χ1) is 8.04. The lowest BCUT2D eigenvalue weighted by atomic mass is 10.0. The van der Waals surface area contributed by atoms with Gasteiger partial charge in [-0.15, -0.1) is 0 Å². The van der Waals surface area contributed by atoms with E-state index >= 15 is 0 Å². The predicted molar refractivity (Wildman–Crippen MR) is 75.1 cm³/mol. The van der Waals surface area contributed by atoms with Gasteiger partial charge in [-0.2, -0.15) is 0 Å². The molecule has 3 heteroatoms. The van der Waals surface area contributed by atoms with Crippen molar-refractivity contribution in [2.75, 3.05) is 12.4 Å². The van der Waals surface area contributed by atoms with Crippen LogP contribution in [0.15, 0.2) is 18.2 Å². The van der Waals surface area contributed by atoms with Crippen LogP contribution in [0.25, 0.3) is 10.9 Å². The Morgan fingerprint density at radius 2 is 2.00 bits per heavy atom. The summed E-state index contributed by atoms with van der Waals surface area (Å²) >= 11 is 6.24. The Morgan fingerprint density at radius 3 is 2.59 bits per heavy atom. The number of aryl methyl sites for hydroxylation is 1. The van der Waals surface area contributed by atoms with Crippen molar-refractivity contribution >= 4 is 28.2 Å². The number of aromatic nitrogens is 1. The topological polar surface area (TPSA) is 24.9 Å². The number of benzene rings is 1. The highest BCUT2D eigenvalue weighted by molar-refractivity contribution is 6.35. The molecule has 2 rings (SSSR count). The van der Waals surface area contributed by atoms with Gasteiger partial charge in [-0.25, -0.2) is 0 Å². The maximum Gasteiger partial charge on any atom is 0.0914 e. The molecule has 0 fully saturated rings. The molecule has 0 spiro atoms. The third-order valence-electron chi connectivity index (χ3n) is 3.00. The highest BCUT2D eigenvalue weighted by Crippen LogP contribution is 2.32. The van der Waals surface area contributed by atoms with E-state index in [-0.39, 0.29) is 0 Å². The van der Waals surface area contributed by atoms with Crippen LogP contribution in [0, 0.1) is 6.92 Å². The molecule has 17 heavy (non-hydrogen) atoms. The van der Waals surface area contributed by atoms with Crippen molar-refractivity contribution in [2.45, 2.75) is 26.7 Å². The van der Waals surface area contributed by atoms with Crippen LogP contribution >= 0.6 is 11.6 Å². The molecule has 0 unspecified atom stereocenters. The van der Waals surface area contributed by atoms with Gasteiger partial charge in [-0.1, -0.05) is 31.5 Å². The zero-order valence-corrected chi connectivity index (χ0v) is 11.4. The third-order valence-corrected chi connectivity index (χ3v) is 3.31. The quantitative estimate of drug-likeness (QED) is 0.854. The van der Waals surface area contributed by atoms with Crippen LogP contribution in [-0.4, -0.2) is 12.0 Å². The summed E-state index contributed by atoms with van der Waals surface area (Å²) in [5.74, 6) is 0.392. The molecule has 0 aliphatic rings. The molecule has 0 radical (unpaired) electrons. The lowest BCUT2D eigenvalue weighted by Crippen LogP contribution is -1.99. The molecule has 2 nitrogen and oxygen atoms in total. The molecule has 1 N–H and O–H groups in total. The van der Waals surface area contributed by atoms with Crippen molar-refractivity contribution in [2.24, 2.45) is 0 Å². The number of pyridine rings is 1. The molecular formula is C14H17ClN2. The number of nitrogens with zero attached hydrogens (tertiary/aromatic N) is 1.